The first-order valence-electron chi connectivity index (χ1n) is 12.1. The van der Waals surface area contributed by atoms with Crippen molar-refractivity contribution in [3.63, 3.8) is 0 Å². The van der Waals surface area contributed by atoms with Gasteiger partial charge in [0, 0.05) is 37.1 Å². The highest BCUT2D eigenvalue weighted by molar-refractivity contribution is 5.91. The number of amides is 2. The van der Waals surface area contributed by atoms with Gasteiger partial charge in [-0.1, -0.05) is 61.6 Å². The maximum absolute atomic E-state index is 13.7. The number of benzene rings is 2. The minimum Gasteiger partial charge on any atom is -0.317 e. The van der Waals surface area contributed by atoms with Crippen LogP contribution in [-0.4, -0.2) is 26.8 Å². The molecule has 1 saturated carbocycles. The van der Waals surface area contributed by atoms with Crippen LogP contribution >= 0.6 is 0 Å². The first-order chi connectivity index (χ1) is 15.9. The third-order valence-corrected chi connectivity index (χ3v) is 6.72. The monoisotopic (exact) mass is 444 g/mol. The van der Waals surface area contributed by atoms with Crippen molar-refractivity contribution in [2.24, 2.45) is 7.05 Å². The number of nitrogens with one attached hydrogen (secondary N) is 1. The number of rotatable bonds is 5. The lowest BCUT2D eigenvalue weighted by Gasteiger charge is -2.32. The second kappa shape index (κ2) is 10.2. The number of hydrogen-bond donors (Lipinski definition) is 1. The van der Waals surface area contributed by atoms with Gasteiger partial charge in [0.15, 0.2) is 0 Å². The molecule has 0 saturated heterocycles. The van der Waals surface area contributed by atoms with Gasteiger partial charge in [0.2, 0.25) is 0 Å². The van der Waals surface area contributed by atoms with Gasteiger partial charge in [-0.15, -0.1) is 0 Å². The summed E-state index contributed by atoms with van der Waals surface area (Å²) in [6, 6.07) is 15.0. The number of nitrogens with zero attached hydrogens (tertiary/aromatic N) is 3. The number of carbonyl (C=O) groups is 1. The third-order valence-electron chi connectivity index (χ3n) is 6.72. The van der Waals surface area contributed by atoms with Crippen LogP contribution in [0.25, 0.3) is 11.3 Å². The summed E-state index contributed by atoms with van der Waals surface area (Å²) in [6.45, 7) is 6.84. The first-order valence-corrected chi connectivity index (χ1v) is 12.1. The summed E-state index contributed by atoms with van der Waals surface area (Å²) in [5, 5.41) is 7.81. The van der Waals surface area contributed by atoms with E-state index >= 15 is 0 Å². The van der Waals surface area contributed by atoms with Crippen LogP contribution in [0.4, 0.5) is 10.5 Å². The van der Waals surface area contributed by atoms with Crippen LogP contribution < -0.4 is 5.32 Å². The van der Waals surface area contributed by atoms with E-state index in [1.165, 1.54) is 31.2 Å². The minimum atomic E-state index is 0.000178. The van der Waals surface area contributed by atoms with Crippen LogP contribution in [0, 0.1) is 20.8 Å². The molecule has 0 atom stereocenters. The zero-order chi connectivity index (χ0) is 23.4. The van der Waals surface area contributed by atoms with Gasteiger partial charge in [-0.25, -0.2) is 4.79 Å². The van der Waals surface area contributed by atoms with Gasteiger partial charge in [-0.05, 0) is 62.4 Å². The number of anilines is 1. The molecule has 2 amide bonds. The van der Waals surface area contributed by atoms with Gasteiger partial charge in [0.25, 0.3) is 0 Å². The fourth-order valence-electron chi connectivity index (χ4n) is 5.09. The second-order valence-corrected chi connectivity index (χ2v) is 9.55. The molecule has 4 rings (SSSR count). The molecule has 33 heavy (non-hydrogen) atoms. The van der Waals surface area contributed by atoms with E-state index < -0.39 is 0 Å². The largest absolute Gasteiger partial charge is 0.322 e. The summed E-state index contributed by atoms with van der Waals surface area (Å²) in [7, 11) is 1.93. The second-order valence-electron chi connectivity index (χ2n) is 9.55. The Morgan fingerprint density at radius 2 is 1.73 bits per heavy atom. The highest BCUT2D eigenvalue weighted by atomic mass is 16.2. The number of aromatic nitrogens is 2. The van der Waals surface area contributed by atoms with E-state index in [1.54, 1.807) is 0 Å². The van der Waals surface area contributed by atoms with Crippen molar-refractivity contribution < 1.29 is 4.79 Å². The van der Waals surface area contributed by atoms with E-state index in [2.05, 4.69) is 72.5 Å². The van der Waals surface area contributed by atoms with Crippen LogP contribution in [0.2, 0.25) is 0 Å². The van der Waals surface area contributed by atoms with E-state index in [1.807, 2.05) is 24.0 Å². The van der Waals surface area contributed by atoms with Gasteiger partial charge < -0.3 is 10.2 Å². The molecular weight excluding hydrogens is 408 g/mol. The fraction of sp³-hybridized carbons (Fsp3) is 0.429. The Hall–Kier alpha value is -3.08. The van der Waals surface area contributed by atoms with Crippen LogP contribution in [0.15, 0.2) is 48.7 Å². The van der Waals surface area contributed by atoms with Crippen molar-refractivity contribution in [2.75, 3.05) is 5.32 Å². The Morgan fingerprint density at radius 1 is 1.03 bits per heavy atom. The molecule has 1 fully saturated rings. The van der Waals surface area contributed by atoms with Crippen LogP contribution in [0.3, 0.4) is 0 Å². The molecule has 5 heteroatoms. The molecule has 2 aromatic carbocycles. The molecule has 1 aliphatic carbocycles. The highest BCUT2D eigenvalue weighted by Crippen LogP contribution is 2.28. The molecule has 0 unspecified atom stereocenters. The number of hydrogen-bond acceptors (Lipinski definition) is 2. The lowest BCUT2D eigenvalue weighted by atomic mass is 10.0. The number of urea groups is 1. The SMILES string of the molecule is Cc1cc(C)c(NC(=O)N(Cc2cccc(-c3ccn(C)n3)c2)C2CCCCCC2)c(C)c1. The van der Waals surface area contributed by atoms with Gasteiger partial charge in [0.05, 0.1) is 5.69 Å². The predicted molar refractivity (Wildman–Crippen MR) is 135 cm³/mol. The molecule has 0 radical (unpaired) electrons. The van der Waals surface area contributed by atoms with E-state index in [0.717, 1.165) is 46.5 Å². The first kappa shape index (κ1) is 23.1. The van der Waals surface area contributed by atoms with Crippen LogP contribution in [0.5, 0.6) is 0 Å². The molecular formula is C28H36N4O. The summed E-state index contributed by atoms with van der Waals surface area (Å²) >= 11 is 0. The highest BCUT2D eigenvalue weighted by Gasteiger charge is 2.26. The van der Waals surface area contributed by atoms with E-state index in [9.17, 15) is 4.79 Å². The average molecular weight is 445 g/mol. The molecule has 5 nitrogen and oxygen atoms in total. The number of aryl methyl sites for hydroxylation is 4. The molecule has 1 N–H and O–H groups in total. The summed E-state index contributed by atoms with van der Waals surface area (Å²) in [5.74, 6) is 0. The van der Waals surface area contributed by atoms with E-state index in [4.69, 9.17) is 0 Å². The average Bonchev–Trinajstić information content (AvgIpc) is 3.04. The van der Waals surface area contributed by atoms with Gasteiger partial charge in [0.1, 0.15) is 0 Å². The number of carbonyl (C=O) groups excluding carboxylic acids is 1. The molecule has 1 aliphatic rings. The Bertz CT molecular complexity index is 1090. The Balaban J connectivity index is 1.61. The summed E-state index contributed by atoms with van der Waals surface area (Å²) < 4.78 is 1.82. The molecule has 3 aromatic rings. The van der Waals surface area contributed by atoms with Crippen LogP contribution in [-0.2, 0) is 13.6 Å². The maximum Gasteiger partial charge on any atom is 0.322 e. The van der Waals surface area contributed by atoms with Gasteiger partial charge in [-0.3, -0.25) is 4.68 Å². The zero-order valence-corrected chi connectivity index (χ0v) is 20.4. The lowest BCUT2D eigenvalue weighted by molar-refractivity contribution is 0.175. The topological polar surface area (TPSA) is 50.2 Å². The van der Waals surface area contributed by atoms with Crippen molar-refractivity contribution in [3.8, 4) is 11.3 Å². The van der Waals surface area contributed by atoms with Crippen molar-refractivity contribution in [1.82, 2.24) is 14.7 Å². The smallest absolute Gasteiger partial charge is 0.317 e. The van der Waals surface area contributed by atoms with Crippen LogP contribution in [0.1, 0.15) is 60.8 Å². The van der Waals surface area contributed by atoms with E-state index in [-0.39, 0.29) is 12.1 Å². The van der Waals surface area contributed by atoms with Gasteiger partial charge in [-0.2, -0.15) is 5.10 Å². The Morgan fingerprint density at radius 3 is 2.36 bits per heavy atom. The van der Waals surface area contributed by atoms with Crippen molar-refractivity contribution in [1.29, 1.82) is 0 Å². The standard InChI is InChI=1S/C28H36N4O/c1-20-16-21(2)27(22(3)17-20)29-28(33)32(25-12-7-5-6-8-13-25)19-23-10-9-11-24(18-23)26-14-15-31(4)30-26/h9-11,14-18,25H,5-8,12-13,19H2,1-4H3,(H,29,33). The van der Waals surface area contributed by atoms with Crippen molar-refractivity contribution in [2.45, 2.75) is 71.9 Å². The molecule has 0 bridgehead atoms. The van der Waals surface area contributed by atoms with E-state index in [0.29, 0.717) is 6.54 Å². The summed E-state index contributed by atoms with van der Waals surface area (Å²) in [4.78, 5) is 15.7. The zero-order valence-electron chi connectivity index (χ0n) is 20.4. The molecule has 174 valence electrons. The summed E-state index contributed by atoms with van der Waals surface area (Å²) in [5.41, 5.74) is 7.55. The van der Waals surface area contributed by atoms with Crippen molar-refractivity contribution >= 4 is 11.7 Å². The fourth-order valence-corrected chi connectivity index (χ4v) is 5.09. The minimum absolute atomic E-state index is 0.000178. The third kappa shape index (κ3) is 5.65. The Labute approximate surface area is 197 Å². The molecule has 0 aliphatic heterocycles. The molecule has 1 aromatic heterocycles. The van der Waals surface area contributed by atoms with Gasteiger partial charge >= 0.3 is 6.03 Å². The van der Waals surface area contributed by atoms with Crippen molar-refractivity contribution in [3.05, 3.63) is 70.9 Å². The summed E-state index contributed by atoms with van der Waals surface area (Å²) in [6.07, 6.45) is 8.99. The Kier molecular flexibility index (Phi) is 7.17. The predicted octanol–water partition coefficient (Wildman–Crippen LogP) is 6.77. The molecule has 1 heterocycles. The maximum atomic E-state index is 13.7. The quantitative estimate of drug-likeness (QED) is 0.442. The normalized spacial score (nSPS) is 14.7. The molecule has 0 spiro atoms. The lowest BCUT2D eigenvalue weighted by Crippen LogP contribution is -2.42.